The van der Waals surface area contributed by atoms with E-state index in [2.05, 4.69) is 26.3 Å². The number of piperidine rings is 3. The Hall–Kier alpha value is -9.58. The number of halogens is 4. The maximum atomic E-state index is 13.6. The summed E-state index contributed by atoms with van der Waals surface area (Å²) in [6, 6.07) is 33.6. The van der Waals surface area contributed by atoms with E-state index in [9.17, 15) is 28.8 Å². The van der Waals surface area contributed by atoms with Crippen LogP contribution in [0.1, 0.15) is 128 Å². The van der Waals surface area contributed by atoms with Crippen LogP contribution in [0, 0.1) is 0 Å². The number of aromatic nitrogens is 4. The highest BCUT2D eigenvalue weighted by Crippen LogP contribution is 2.45. The van der Waals surface area contributed by atoms with Gasteiger partial charge in [0.25, 0.3) is 0 Å². The van der Waals surface area contributed by atoms with Crippen molar-refractivity contribution >= 4 is 82.6 Å². The molecule has 7 heterocycles. The molecule has 1 N–H and O–H groups in total. The van der Waals surface area contributed by atoms with Gasteiger partial charge in [-0.15, -0.1) is 0 Å². The number of aldehydes is 1. The zero-order valence-electron chi connectivity index (χ0n) is 63.9. The third kappa shape index (κ3) is 20.3. The van der Waals surface area contributed by atoms with E-state index in [1.807, 2.05) is 120 Å². The first-order valence-corrected chi connectivity index (χ1v) is 37.8. The summed E-state index contributed by atoms with van der Waals surface area (Å²) in [7, 11) is 6.24. The molecule has 26 heteroatoms. The Balaban J connectivity index is 0.000000235. The second-order valence-corrected chi connectivity index (χ2v) is 30.7. The van der Waals surface area contributed by atoms with Gasteiger partial charge in [0.2, 0.25) is 29.5 Å². The van der Waals surface area contributed by atoms with E-state index in [0.29, 0.717) is 168 Å². The summed E-state index contributed by atoms with van der Waals surface area (Å²) in [6.07, 6.45) is 7.57. The maximum Gasteiger partial charge on any atom is 0.410 e. The van der Waals surface area contributed by atoms with E-state index in [4.69, 9.17) is 84.8 Å². The van der Waals surface area contributed by atoms with Gasteiger partial charge in [0.05, 0.1) is 90.0 Å². The Morgan fingerprint density at radius 2 is 0.899 bits per heavy atom. The van der Waals surface area contributed by atoms with Crippen LogP contribution in [0.3, 0.4) is 0 Å². The van der Waals surface area contributed by atoms with Gasteiger partial charge in [0.1, 0.15) is 22.7 Å². The lowest BCUT2D eigenvalue weighted by molar-refractivity contribution is -0.131. The molecule has 0 bridgehead atoms. The molecule has 5 amide bonds. The average Bonchev–Trinajstić information content (AvgIpc) is 0.783. The first kappa shape index (κ1) is 81.9. The largest absolute Gasteiger partial charge is 0.496 e. The van der Waals surface area contributed by atoms with Crippen LogP contribution in [-0.2, 0) is 43.5 Å². The minimum atomic E-state index is -0.686. The number of carbonyl (C=O) groups is 6. The van der Waals surface area contributed by atoms with Crippen molar-refractivity contribution in [1.82, 2.24) is 49.8 Å². The van der Waals surface area contributed by atoms with Crippen molar-refractivity contribution in [2.24, 2.45) is 0 Å². The summed E-state index contributed by atoms with van der Waals surface area (Å²) < 4.78 is 34.4. The minimum absolute atomic E-state index is 0.0113. The van der Waals surface area contributed by atoms with Crippen LogP contribution in [-0.4, -0.2) is 178 Å². The third-order valence-electron chi connectivity index (χ3n) is 19.4. The van der Waals surface area contributed by atoms with Gasteiger partial charge >= 0.3 is 12.2 Å². The molecule has 3 aliphatic rings. The standard InChI is InChI=1S/C45H54Cl2N6O6.C38H40Cl2N4O6/c1-28(54)49-33-16-21-51(22-17-33)26-31-12-11-30(25-39(31)57-6)42-41(47)36(15-20-48-42)35-9-8-10-37(40(35)46)38-14-13-32(43(50-38)58-7)27-53(44(56)59-45(3,4)5)34-18-23-52(24-19-34)29(2)55;1-23(46)43-18-15-27(16-19-43)44(37(47)50-38(2,3)4)21-25-12-13-31(42-36(25)49-6)30-9-7-8-28(33(30)39)29-14-17-41-35(34(29)40)24-10-11-26(22-45)32(20-24)48-5/h8-15,20,25,33-34H,16-19,21-24,26-27H2,1-7H3,(H,49,54);7-14,17,20,22,27H,15-16,18-19,21H2,1-6H3. The van der Waals surface area contributed by atoms with Crippen LogP contribution < -0.4 is 24.3 Å². The fourth-order valence-electron chi connectivity index (χ4n) is 13.8. The molecule has 0 radical (unpaired) electrons. The predicted octanol–water partition coefficient (Wildman–Crippen LogP) is 17.0. The number of benzene rings is 4. The molecule has 3 fully saturated rings. The molecule has 8 aromatic rings. The zero-order valence-corrected chi connectivity index (χ0v) is 66.9. The molecule has 3 aliphatic heterocycles. The maximum absolute atomic E-state index is 13.6. The van der Waals surface area contributed by atoms with Crippen molar-refractivity contribution in [1.29, 1.82) is 0 Å². The summed E-state index contributed by atoms with van der Waals surface area (Å²) in [5.74, 6) is 1.91. The monoisotopic (exact) mass is 1560 g/mol. The Morgan fingerprint density at radius 1 is 0.495 bits per heavy atom. The molecular weight excluding hydrogens is 1470 g/mol. The summed E-state index contributed by atoms with van der Waals surface area (Å²) >= 11 is 28.4. The molecular formula is C83H94Cl4N10O12. The number of nitrogens with zero attached hydrogens (tertiary/aromatic N) is 9. The van der Waals surface area contributed by atoms with Crippen LogP contribution >= 0.6 is 46.4 Å². The highest BCUT2D eigenvalue weighted by Gasteiger charge is 2.36. The Bertz CT molecular complexity index is 4640. The fraction of sp³-hybridized carbons (Fsp3) is 0.398. The minimum Gasteiger partial charge on any atom is -0.496 e. The van der Waals surface area contributed by atoms with Crippen molar-refractivity contribution in [3.05, 3.63) is 164 Å². The van der Waals surface area contributed by atoms with Crippen LogP contribution in [0.4, 0.5) is 9.59 Å². The van der Waals surface area contributed by atoms with Crippen molar-refractivity contribution in [3.63, 3.8) is 0 Å². The van der Waals surface area contributed by atoms with Gasteiger partial charge in [-0.05, 0) is 135 Å². The van der Waals surface area contributed by atoms with Gasteiger partial charge in [-0.1, -0.05) is 101 Å². The van der Waals surface area contributed by atoms with E-state index >= 15 is 0 Å². The summed E-state index contributed by atoms with van der Waals surface area (Å²) in [5, 5.41) is 4.74. The lowest BCUT2D eigenvalue weighted by atomic mass is 9.98. The number of amides is 5. The van der Waals surface area contributed by atoms with Crippen molar-refractivity contribution in [2.75, 3.05) is 67.7 Å². The number of likely N-dealkylation sites (tertiary alicyclic amines) is 3. The van der Waals surface area contributed by atoms with Gasteiger partial charge in [0.15, 0.2) is 6.29 Å². The molecule has 0 saturated carbocycles. The summed E-state index contributed by atoms with van der Waals surface area (Å²) in [5.41, 5.74) is 9.32. The SMILES string of the molecule is COc1cc(-c2nccc(-c3cccc(-c4ccc(CN(C(=O)OC(C)(C)C)C5CCN(C(C)=O)CC5)c(OC)n4)c3Cl)c2Cl)ccc1C=O.COc1cc(-c2nccc(-c3cccc(-c4ccc(CN(C(=O)OC(C)(C)C)C5CCN(C(C)=O)CC5)c(OC)n4)c3Cl)c2Cl)ccc1CN1CCC(NC(C)=O)CC1. The Morgan fingerprint density at radius 3 is 1.29 bits per heavy atom. The van der Waals surface area contributed by atoms with E-state index < -0.39 is 23.4 Å². The molecule has 0 unspecified atom stereocenters. The van der Waals surface area contributed by atoms with Crippen LogP contribution in [0.5, 0.6) is 23.3 Å². The number of rotatable bonds is 20. The zero-order chi connectivity index (χ0) is 78.6. The molecule has 22 nitrogen and oxygen atoms in total. The molecule has 4 aromatic heterocycles. The lowest BCUT2D eigenvalue weighted by Crippen LogP contribution is -2.49. The molecule has 576 valence electrons. The van der Waals surface area contributed by atoms with Crippen LogP contribution in [0.25, 0.3) is 67.3 Å². The Kier molecular flexibility index (Phi) is 27.3. The number of ether oxygens (including phenoxy) is 6. The lowest BCUT2D eigenvalue weighted by Gasteiger charge is -2.39. The predicted molar refractivity (Wildman–Crippen MR) is 425 cm³/mol. The number of hydrogen-bond donors (Lipinski definition) is 1. The Labute approximate surface area is 657 Å². The normalized spacial score (nSPS) is 14.5. The van der Waals surface area contributed by atoms with Gasteiger partial charge in [-0.2, -0.15) is 0 Å². The third-order valence-corrected chi connectivity index (χ3v) is 21.0. The molecule has 0 aliphatic carbocycles. The number of nitrogens with one attached hydrogen (secondary N) is 1. The van der Waals surface area contributed by atoms with Gasteiger partial charge in [0, 0.05) is 158 Å². The first-order chi connectivity index (χ1) is 52.0. The summed E-state index contributed by atoms with van der Waals surface area (Å²) in [6.45, 7) is 20.9. The van der Waals surface area contributed by atoms with Crippen LogP contribution in [0.15, 0.2) is 122 Å². The number of carbonyl (C=O) groups excluding carboxylic acids is 6. The van der Waals surface area contributed by atoms with E-state index in [1.54, 1.807) is 91.2 Å². The average molecular weight is 1570 g/mol. The van der Waals surface area contributed by atoms with E-state index in [1.165, 1.54) is 14.2 Å². The van der Waals surface area contributed by atoms with Crippen LogP contribution in [0.2, 0.25) is 20.1 Å². The molecule has 11 rings (SSSR count). The van der Waals surface area contributed by atoms with E-state index in [-0.39, 0.29) is 48.9 Å². The highest BCUT2D eigenvalue weighted by atomic mass is 35.5. The molecule has 0 atom stereocenters. The van der Waals surface area contributed by atoms with Crippen molar-refractivity contribution < 1.29 is 57.2 Å². The van der Waals surface area contributed by atoms with Crippen molar-refractivity contribution in [2.45, 2.75) is 150 Å². The van der Waals surface area contributed by atoms with Gasteiger partial charge < -0.3 is 53.3 Å². The fourth-order valence-corrected chi connectivity index (χ4v) is 15.1. The van der Waals surface area contributed by atoms with Gasteiger partial charge in [-0.3, -0.25) is 34.0 Å². The second kappa shape index (κ2) is 36.3. The number of methoxy groups -OCH3 is 4. The molecule has 109 heavy (non-hydrogen) atoms. The quantitative estimate of drug-likeness (QED) is 0.0698. The summed E-state index contributed by atoms with van der Waals surface area (Å²) in [4.78, 5) is 102. The topological polar surface area (TPSA) is 238 Å². The smallest absolute Gasteiger partial charge is 0.410 e. The number of hydrogen-bond acceptors (Lipinski definition) is 17. The molecule has 0 spiro atoms. The first-order valence-electron chi connectivity index (χ1n) is 36.3. The van der Waals surface area contributed by atoms with E-state index in [0.717, 1.165) is 55.6 Å². The molecule has 3 saturated heterocycles. The number of pyridine rings is 4. The van der Waals surface area contributed by atoms with Crippen molar-refractivity contribution in [3.8, 4) is 90.5 Å². The van der Waals surface area contributed by atoms with Gasteiger partial charge in [-0.25, -0.2) is 19.6 Å². The highest BCUT2D eigenvalue weighted by molar-refractivity contribution is 6.40. The molecule has 4 aromatic carbocycles. The second-order valence-electron chi connectivity index (χ2n) is 29.1.